The van der Waals surface area contributed by atoms with Crippen LogP contribution in [0.2, 0.25) is 5.02 Å². The molecule has 9 heteroatoms. The number of carbonyl (C=O) groups excluding carboxylic acids is 1. The average molecular weight is 410 g/mol. The van der Waals surface area contributed by atoms with Crippen molar-refractivity contribution in [3.8, 4) is 5.75 Å². The Morgan fingerprint density at radius 3 is 2.96 bits per heavy atom. The molecule has 6 nitrogen and oxygen atoms in total. The molecule has 0 aliphatic heterocycles. The zero-order valence-corrected chi connectivity index (χ0v) is 16.7. The highest BCUT2D eigenvalue weighted by Gasteiger charge is 2.14. The molecular weight excluding hydrogens is 394 g/mol. The maximum absolute atomic E-state index is 12.3. The zero-order chi connectivity index (χ0) is 18.8. The molecule has 0 fully saturated rings. The van der Waals surface area contributed by atoms with E-state index in [9.17, 15) is 9.59 Å². The molecule has 3 rings (SSSR count). The highest BCUT2D eigenvalue weighted by molar-refractivity contribution is 7.99. The van der Waals surface area contributed by atoms with Crippen LogP contribution in [0.4, 0.5) is 5.69 Å². The number of halogens is 1. The molecule has 1 aromatic carbocycles. The Labute approximate surface area is 163 Å². The topological polar surface area (TPSA) is 73.2 Å². The van der Waals surface area contributed by atoms with Gasteiger partial charge in [0.25, 0.3) is 5.56 Å². The Hall–Kier alpha value is -2.03. The molecule has 0 radical (unpaired) electrons. The second-order valence-corrected chi connectivity index (χ2v) is 7.80. The molecule has 0 aliphatic carbocycles. The molecule has 2 heterocycles. The number of rotatable bonds is 5. The number of hydrogen-bond acceptors (Lipinski definition) is 6. The van der Waals surface area contributed by atoms with Crippen LogP contribution >= 0.6 is 34.7 Å². The summed E-state index contributed by atoms with van der Waals surface area (Å²) in [6, 6.07) is 5.22. The summed E-state index contributed by atoms with van der Waals surface area (Å²) in [5.41, 5.74) is 1.93. The molecule has 0 bridgehead atoms. The number of fused-ring (bicyclic) bond motifs is 1. The van der Waals surface area contributed by atoms with E-state index < -0.39 is 0 Å². The molecule has 1 N–H and O–H groups in total. The third kappa shape index (κ3) is 3.72. The third-order valence-corrected chi connectivity index (χ3v) is 6.06. The second-order valence-electron chi connectivity index (χ2n) is 5.53. The van der Waals surface area contributed by atoms with E-state index in [-0.39, 0.29) is 17.2 Å². The fourth-order valence-corrected chi connectivity index (χ4v) is 4.07. The lowest BCUT2D eigenvalue weighted by molar-refractivity contribution is -0.113. The molecule has 2 aromatic heterocycles. The lowest BCUT2D eigenvalue weighted by atomic mass is 10.2. The number of thiophene rings is 1. The van der Waals surface area contributed by atoms with Crippen molar-refractivity contribution in [3.63, 3.8) is 0 Å². The van der Waals surface area contributed by atoms with Crippen LogP contribution in [0.5, 0.6) is 5.75 Å². The van der Waals surface area contributed by atoms with Crippen LogP contribution in [-0.4, -0.2) is 28.3 Å². The summed E-state index contributed by atoms with van der Waals surface area (Å²) in [5, 5.41) is 5.70. The van der Waals surface area contributed by atoms with E-state index in [2.05, 4.69) is 10.3 Å². The number of ether oxygens (including phenoxy) is 1. The Balaban J connectivity index is 1.75. The van der Waals surface area contributed by atoms with Crippen LogP contribution in [0.25, 0.3) is 10.2 Å². The number of thioether (sulfide) groups is 1. The minimum atomic E-state index is -0.227. The van der Waals surface area contributed by atoms with Crippen LogP contribution in [0.15, 0.2) is 33.5 Å². The van der Waals surface area contributed by atoms with Gasteiger partial charge >= 0.3 is 0 Å². The van der Waals surface area contributed by atoms with Crippen molar-refractivity contribution in [1.29, 1.82) is 0 Å². The van der Waals surface area contributed by atoms with Gasteiger partial charge < -0.3 is 10.1 Å². The molecule has 0 unspecified atom stereocenters. The van der Waals surface area contributed by atoms with Gasteiger partial charge in [-0.1, -0.05) is 23.4 Å². The first-order valence-electron chi connectivity index (χ1n) is 7.61. The summed E-state index contributed by atoms with van der Waals surface area (Å²) >= 11 is 8.64. The number of benzene rings is 1. The van der Waals surface area contributed by atoms with Gasteiger partial charge in [0, 0.05) is 18.1 Å². The summed E-state index contributed by atoms with van der Waals surface area (Å²) in [5.74, 6) is 0.375. The van der Waals surface area contributed by atoms with Crippen molar-refractivity contribution < 1.29 is 9.53 Å². The predicted octanol–water partition coefficient (Wildman–Crippen LogP) is 3.70. The first kappa shape index (κ1) is 18.8. The monoisotopic (exact) mass is 409 g/mol. The number of amides is 1. The Morgan fingerprint density at radius 2 is 2.23 bits per heavy atom. The molecule has 3 aromatic rings. The van der Waals surface area contributed by atoms with Crippen molar-refractivity contribution in [2.24, 2.45) is 7.05 Å². The van der Waals surface area contributed by atoms with Gasteiger partial charge in [0.05, 0.1) is 24.1 Å². The van der Waals surface area contributed by atoms with Gasteiger partial charge in [-0.05, 0) is 30.0 Å². The van der Waals surface area contributed by atoms with Gasteiger partial charge in [0.1, 0.15) is 10.4 Å². The Kier molecular flexibility index (Phi) is 5.55. The van der Waals surface area contributed by atoms with Crippen molar-refractivity contribution in [2.45, 2.75) is 12.1 Å². The van der Waals surface area contributed by atoms with E-state index in [1.165, 1.54) is 34.8 Å². The number of anilines is 1. The SMILES string of the molecule is COc1cc(Cl)c(C)cc1NC(=O)CSc1nc2ccsc2c(=O)n1C. The summed E-state index contributed by atoms with van der Waals surface area (Å²) in [4.78, 5) is 29.1. The number of hydrogen-bond donors (Lipinski definition) is 1. The molecule has 0 aliphatic rings. The van der Waals surface area contributed by atoms with Crippen LogP contribution in [0, 0.1) is 6.92 Å². The molecule has 0 saturated carbocycles. The summed E-state index contributed by atoms with van der Waals surface area (Å²) in [6.45, 7) is 1.85. The first-order chi connectivity index (χ1) is 12.4. The van der Waals surface area contributed by atoms with Crippen molar-refractivity contribution >= 4 is 56.5 Å². The molecule has 0 saturated heterocycles. The van der Waals surface area contributed by atoms with E-state index in [1.54, 1.807) is 25.2 Å². The summed E-state index contributed by atoms with van der Waals surface area (Å²) in [6.07, 6.45) is 0. The lowest BCUT2D eigenvalue weighted by Gasteiger charge is -2.12. The third-order valence-electron chi connectivity index (χ3n) is 3.73. The lowest BCUT2D eigenvalue weighted by Crippen LogP contribution is -2.20. The van der Waals surface area contributed by atoms with Crippen molar-refractivity contribution in [2.75, 3.05) is 18.2 Å². The van der Waals surface area contributed by atoms with Crippen LogP contribution < -0.4 is 15.6 Å². The molecule has 1 amide bonds. The van der Waals surface area contributed by atoms with Gasteiger partial charge in [-0.2, -0.15) is 0 Å². The molecule has 0 atom stereocenters. The first-order valence-corrected chi connectivity index (χ1v) is 9.86. The normalized spacial score (nSPS) is 10.9. The fourth-order valence-electron chi connectivity index (χ4n) is 2.34. The minimum absolute atomic E-state index is 0.108. The fraction of sp³-hybridized carbons (Fsp3) is 0.235. The average Bonchev–Trinajstić information content (AvgIpc) is 3.08. The molecule has 0 spiro atoms. The van der Waals surface area contributed by atoms with Gasteiger partial charge in [-0.3, -0.25) is 14.2 Å². The number of aryl methyl sites for hydroxylation is 1. The molecule has 136 valence electrons. The predicted molar refractivity (Wildman–Crippen MR) is 107 cm³/mol. The quantitative estimate of drug-likeness (QED) is 0.513. The maximum atomic E-state index is 12.3. The molecule has 26 heavy (non-hydrogen) atoms. The number of methoxy groups -OCH3 is 1. The van der Waals surface area contributed by atoms with Gasteiger partial charge in [-0.15, -0.1) is 11.3 Å². The van der Waals surface area contributed by atoms with Gasteiger partial charge in [-0.25, -0.2) is 4.98 Å². The summed E-state index contributed by atoms with van der Waals surface area (Å²) in [7, 11) is 3.17. The Bertz CT molecular complexity index is 1050. The summed E-state index contributed by atoms with van der Waals surface area (Å²) < 4.78 is 7.33. The largest absolute Gasteiger partial charge is 0.495 e. The van der Waals surface area contributed by atoms with Crippen LogP contribution in [0.1, 0.15) is 5.56 Å². The zero-order valence-electron chi connectivity index (χ0n) is 14.3. The smallest absolute Gasteiger partial charge is 0.271 e. The number of nitrogens with one attached hydrogen (secondary N) is 1. The van der Waals surface area contributed by atoms with E-state index >= 15 is 0 Å². The van der Waals surface area contributed by atoms with E-state index in [0.717, 1.165) is 5.56 Å². The number of carbonyl (C=O) groups is 1. The minimum Gasteiger partial charge on any atom is -0.495 e. The second kappa shape index (κ2) is 7.69. The van der Waals surface area contributed by atoms with Crippen molar-refractivity contribution in [1.82, 2.24) is 9.55 Å². The van der Waals surface area contributed by atoms with Crippen LogP contribution in [0.3, 0.4) is 0 Å². The highest BCUT2D eigenvalue weighted by Crippen LogP contribution is 2.31. The van der Waals surface area contributed by atoms with E-state index in [1.807, 2.05) is 12.3 Å². The number of aromatic nitrogens is 2. The maximum Gasteiger partial charge on any atom is 0.271 e. The standard InChI is InChI=1S/C17H16ClN3O3S2/c1-9-6-12(13(24-3)7-10(9)18)19-14(22)8-26-17-20-11-4-5-25-15(11)16(23)21(17)2/h4-7H,8H2,1-3H3,(H,19,22). The van der Waals surface area contributed by atoms with Crippen LogP contribution in [-0.2, 0) is 11.8 Å². The molecular formula is C17H16ClN3O3S2. The van der Waals surface area contributed by atoms with Gasteiger partial charge in [0.15, 0.2) is 5.16 Å². The van der Waals surface area contributed by atoms with Gasteiger partial charge in [0.2, 0.25) is 5.91 Å². The van der Waals surface area contributed by atoms with Crippen molar-refractivity contribution in [3.05, 3.63) is 44.5 Å². The highest BCUT2D eigenvalue weighted by atomic mass is 35.5. The number of nitrogens with zero attached hydrogens (tertiary/aromatic N) is 2. The van der Waals surface area contributed by atoms with E-state index in [4.69, 9.17) is 16.3 Å². The van der Waals surface area contributed by atoms with E-state index in [0.29, 0.717) is 31.8 Å². The Morgan fingerprint density at radius 1 is 1.46 bits per heavy atom.